The number of carbonyl (C=O) groups excluding carboxylic acids is 2. The maximum atomic E-state index is 12.8. The number of piperidine rings is 1. The molecule has 0 bridgehead atoms. The lowest BCUT2D eigenvalue weighted by molar-refractivity contribution is -0.146. The van der Waals surface area contributed by atoms with Crippen molar-refractivity contribution in [3.8, 4) is 0 Å². The topological polar surface area (TPSA) is 86.7 Å². The van der Waals surface area contributed by atoms with E-state index in [9.17, 15) is 14.4 Å². The van der Waals surface area contributed by atoms with Crippen molar-refractivity contribution in [3.05, 3.63) is 29.8 Å². The van der Waals surface area contributed by atoms with Crippen LogP contribution in [0.2, 0.25) is 0 Å². The zero-order chi connectivity index (χ0) is 15.7. The second kappa shape index (κ2) is 5.79. The molecule has 6 heteroatoms. The lowest BCUT2D eigenvalue weighted by Gasteiger charge is -2.35. The Kier molecular flexibility index (Phi) is 3.83. The van der Waals surface area contributed by atoms with E-state index in [1.165, 1.54) is 0 Å². The highest BCUT2D eigenvalue weighted by Crippen LogP contribution is 2.34. The van der Waals surface area contributed by atoms with Crippen LogP contribution in [0.15, 0.2) is 24.3 Å². The van der Waals surface area contributed by atoms with Crippen LogP contribution in [-0.2, 0) is 14.4 Å². The molecule has 2 amide bonds. The van der Waals surface area contributed by atoms with Crippen molar-refractivity contribution in [1.29, 1.82) is 0 Å². The number of carbonyl (C=O) groups is 3. The average Bonchev–Trinajstić information content (AvgIpc) is 2.53. The Balaban J connectivity index is 1.83. The second-order valence-electron chi connectivity index (χ2n) is 5.85. The number of rotatable bonds is 2. The molecule has 2 atom stereocenters. The van der Waals surface area contributed by atoms with Crippen LogP contribution in [0.25, 0.3) is 0 Å². The van der Waals surface area contributed by atoms with Crippen LogP contribution in [0.3, 0.4) is 0 Å². The zero-order valence-electron chi connectivity index (χ0n) is 12.1. The van der Waals surface area contributed by atoms with Crippen molar-refractivity contribution in [2.24, 2.45) is 5.92 Å². The molecular formula is C16H18N2O4. The van der Waals surface area contributed by atoms with E-state index in [0.717, 1.165) is 5.56 Å². The molecule has 2 N–H and O–H groups in total. The van der Waals surface area contributed by atoms with E-state index in [2.05, 4.69) is 5.32 Å². The Morgan fingerprint density at radius 1 is 1.27 bits per heavy atom. The molecule has 0 aliphatic carbocycles. The molecule has 0 saturated carbocycles. The number of aliphatic carboxylic acids is 1. The summed E-state index contributed by atoms with van der Waals surface area (Å²) < 4.78 is 0. The Labute approximate surface area is 128 Å². The van der Waals surface area contributed by atoms with Crippen LogP contribution in [-0.4, -0.2) is 40.9 Å². The number of anilines is 1. The number of nitrogens with zero attached hydrogens (tertiary/aromatic N) is 1. The van der Waals surface area contributed by atoms with E-state index in [-0.39, 0.29) is 24.8 Å². The van der Waals surface area contributed by atoms with Gasteiger partial charge in [-0.1, -0.05) is 18.2 Å². The molecule has 2 heterocycles. The minimum absolute atomic E-state index is 0.115. The fourth-order valence-corrected chi connectivity index (χ4v) is 3.23. The first-order chi connectivity index (χ1) is 10.6. The molecule has 1 aromatic rings. The van der Waals surface area contributed by atoms with Crippen LogP contribution in [0.1, 0.15) is 30.7 Å². The number of carboxylic acids is 1. The SMILES string of the molecule is O=C1CC(C(=O)N2CCCC(C(=O)O)C2)c2ccccc2N1. The van der Waals surface area contributed by atoms with Crippen molar-refractivity contribution >= 4 is 23.5 Å². The van der Waals surface area contributed by atoms with Crippen molar-refractivity contribution in [3.63, 3.8) is 0 Å². The van der Waals surface area contributed by atoms with Gasteiger partial charge in [-0.3, -0.25) is 14.4 Å². The number of hydrogen-bond donors (Lipinski definition) is 2. The highest BCUT2D eigenvalue weighted by atomic mass is 16.4. The molecule has 1 fully saturated rings. The average molecular weight is 302 g/mol. The first kappa shape index (κ1) is 14.6. The van der Waals surface area contributed by atoms with Gasteiger partial charge in [0, 0.05) is 25.2 Å². The number of para-hydroxylation sites is 1. The number of likely N-dealkylation sites (tertiary alicyclic amines) is 1. The molecule has 1 aromatic carbocycles. The minimum atomic E-state index is -0.862. The monoisotopic (exact) mass is 302 g/mol. The number of fused-ring (bicyclic) bond motifs is 1. The Hall–Kier alpha value is -2.37. The predicted octanol–water partition coefficient (Wildman–Crippen LogP) is 1.44. The molecule has 3 rings (SSSR count). The highest BCUT2D eigenvalue weighted by Gasteiger charge is 2.36. The van der Waals surface area contributed by atoms with Crippen LogP contribution >= 0.6 is 0 Å². The third-order valence-corrected chi connectivity index (χ3v) is 4.38. The smallest absolute Gasteiger partial charge is 0.308 e. The molecule has 6 nitrogen and oxygen atoms in total. The third-order valence-electron chi connectivity index (χ3n) is 4.38. The fraction of sp³-hybridized carbons (Fsp3) is 0.438. The van der Waals surface area contributed by atoms with Gasteiger partial charge in [0.1, 0.15) is 0 Å². The van der Waals surface area contributed by atoms with Gasteiger partial charge in [-0.15, -0.1) is 0 Å². The van der Waals surface area contributed by atoms with Gasteiger partial charge in [-0.25, -0.2) is 0 Å². The molecule has 22 heavy (non-hydrogen) atoms. The number of nitrogens with one attached hydrogen (secondary N) is 1. The van der Waals surface area contributed by atoms with Crippen LogP contribution < -0.4 is 5.32 Å². The Morgan fingerprint density at radius 2 is 2.05 bits per heavy atom. The molecule has 116 valence electrons. The summed E-state index contributed by atoms with van der Waals surface area (Å²) in [5.41, 5.74) is 1.48. The summed E-state index contributed by atoms with van der Waals surface area (Å²) >= 11 is 0. The largest absolute Gasteiger partial charge is 0.481 e. The van der Waals surface area contributed by atoms with Gasteiger partial charge in [-0.05, 0) is 24.5 Å². The number of amides is 2. The van der Waals surface area contributed by atoms with Crippen LogP contribution in [0.4, 0.5) is 5.69 Å². The molecule has 2 unspecified atom stereocenters. The number of benzene rings is 1. The Morgan fingerprint density at radius 3 is 2.82 bits per heavy atom. The molecular weight excluding hydrogens is 284 g/mol. The first-order valence-electron chi connectivity index (χ1n) is 7.46. The lowest BCUT2D eigenvalue weighted by atomic mass is 9.88. The van der Waals surface area contributed by atoms with Crippen LogP contribution in [0, 0.1) is 5.92 Å². The van der Waals surface area contributed by atoms with Gasteiger partial charge < -0.3 is 15.3 Å². The van der Waals surface area contributed by atoms with Crippen LogP contribution in [0.5, 0.6) is 0 Å². The summed E-state index contributed by atoms with van der Waals surface area (Å²) in [6.45, 7) is 0.789. The molecule has 2 aliphatic rings. The predicted molar refractivity (Wildman–Crippen MR) is 79.4 cm³/mol. The van der Waals surface area contributed by atoms with E-state index in [4.69, 9.17) is 5.11 Å². The third kappa shape index (κ3) is 2.68. The van der Waals surface area contributed by atoms with Gasteiger partial charge in [0.2, 0.25) is 11.8 Å². The van der Waals surface area contributed by atoms with E-state index < -0.39 is 17.8 Å². The van der Waals surface area contributed by atoms with Gasteiger partial charge in [0.05, 0.1) is 11.8 Å². The van der Waals surface area contributed by atoms with E-state index >= 15 is 0 Å². The highest BCUT2D eigenvalue weighted by molar-refractivity contribution is 6.01. The number of carboxylic acid groups (broad SMARTS) is 1. The summed E-state index contributed by atoms with van der Waals surface area (Å²) in [4.78, 5) is 37.3. The summed E-state index contributed by atoms with van der Waals surface area (Å²) in [7, 11) is 0. The molecule has 2 aliphatic heterocycles. The quantitative estimate of drug-likeness (QED) is 0.865. The maximum absolute atomic E-state index is 12.8. The molecule has 0 aromatic heterocycles. The normalized spacial score (nSPS) is 24.4. The van der Waals surface area contributed by atoms with Crippen molar-refractivity contribution in [1.82, 2.24) is 4.90 Å². The summed E-state index contributed by atoms with van der Waals surface area (Å²) in [5, 5.41) is 11.9. The maximum Gasteiger partial charge on any atom is 0.308 e. The van der Waals surface area contributed by atoms with Gasteiger partial charge in [0.15, 0.2) is 0 Å². The van der Waals surface area contributed by atoms with Gasteiger partial charge in [0.25, 0.3) is 0 Å². The van der Waals surface area contributed by atoms with E-state index in [1.807, 2.05) is 18.2 Å². The molecule has 1 saturated heterocycles. The van der Waals surface area contributed by atoms with Gasteiger partial charge >= 0.3 is 5.97 Å². The second-order valence-corrected chi connectivity index (χ2v) is 5.85. The van der Waals surface area contributed by atoms with Crippen molar-refractivity contribution in [2.45, 2.75) is 25.2 Å². The van der Waals surface area contributed by atoms with Gasteiger partial charge in [-0.2, -0.15) is 0 Å². The van der Waals surface area contributed by atoms with Crippen molar-refractivity contribution in [2.75, 3.05) is 18.4 Å². The number of hydrogen-bond acceptors (Lipinski definition) is 3. The lowest BCUT2D eigenvalue weighted by Crippen LogP contribution is -2.45. The summed E-state index contributed by atoms with van der Waals surface area (Å²) in [5.74, 6) is -2.21. The zero-order valence-corrected chi connectivity index (χ0v) is 12.1. The Bertz CT molecular complexity index is 628. The molecule has 0 spiro atoms. The van der Waals surface area contributed by atoms with Crippen molar-refractivity contribution < 1.29 is 19.5 Å². The first-order valence-corrected chi connectivity index (χ1v) is 7.46. The standard InChI is InChI=1S/C16H18N2O4/c19-14-8-12(11-5-1-2-6-13(11)17-14)15(20)18-7-3-4-10(9-18)16(21)22/h1-2,5-6,10,12H,3-4,7-9H2,(H,17,19)(H,21,22). The summed E-state index contributed by atoms with van der Waals surface area (Å²) in [6, 6.07) is 7.28. The molecule has 0 radical (unpaired) electrons. The minimum Gasteiger partial charge on any atom is -0.481 e. The summed E-state index contributed by atoms with van der Waals surface area (Å²) in [6.07, 6.45) is 1.40. The van der Waals surface area contributed by atoms with E-state index in [0.29, 0.717) is 25.1 Å². The fourth-order valence-electron chi connectivity index (χ4n) is 3.23. The van der Waals surface area contributed by atoms with E-state index in [1.54, 1.807) is 11.0 Å².